The molecule has 0 aromatic carbocycles. The van der Waals surface area contributed by atoms with Gasteiger partial charge in [0.25, 0.3) is 0 Å². The lowest BCUT2D eigenvalue weighted by Crippen LogP contribution is -2.32. The number of ether oxygens (including phenoxy) is 1. The highest BCUT2D eigenvalue weighted by Crippen LogP contribution is 1.99. The van der Waals surface area contributed by atoms with E-state index < -0.39 is 12.0 Å². The van der Waals surface area contributed by atoms with Crippen molar-refractivity contribution in [2.45, 2.75) is 32.2 Å². The maximum Gasteiger partial charge on any atom is 0.322 e. The van der Waals surface area contributed by atoms with Crippen LogP contribution in [0.15, 0.2) is 0 Å². The standard InChI is InChI=1S/C8H17NO3/c1-2-3-4-7(9)8(11)12-6-5-10/h7,10H,2-6,9H2,1H3. The molecule has 0 aromatic rings. The molecule has 0 aliphatic heterocycles. The van der Waals surface area contributed by atoms with E-state index in [0.29, 0.717) is 6.42 Å². The molecule has 0 heterocycles. The van der Waals surface area contributed by atoms with Crippen LogP contribution < -0.4 is 5.73 Å². The fourth-order valence-electron chi connectivity index (χ4n) is 0.795. The third-order valence-corrected chi connectivity index (χ3v) is 1.51. The van der Waals surface area contributed by atoms with E-state index in [1.165, 1.54) is 0 Å². The topological polar surface area (TPSA) is 72.6 Å². The van der Waals surface area contributed by atoms with Crippen molar-refractivity contribution in [3.63, 3.8) is 0 Å². The number of unbranched alkanes of at least 4 members (excludes halogenated alkanes) is 1. The summed E-state index contributed by atoms with van der Waals surface area (Å²) in [6, 6.07) is -0.531. The first-order chi connectivity index (χ1) is 5.72. The van der Waals surface area contributed by atoms with Crippen LogP contribution in [0.25, 0.3) is 0 Å². The molecule has 0 saturated carbocycles. The molecular weight excluding hydrogens is 158 g/mol. The van der Waals surface area contributed by atoms with Gasteiger partial charge in [-0.3, -0.25) is 4.79 Å². The summed E-state index contributed by atoms with van der Waals surface area (Å²) in [5.41, 5.74) is 5.49. The van der Waals surface area contributed by atoms with Crippen molar-refractivity contribution in [3.8, 4) is 0 Å². The highest BCUT2D eigenvalue weighted by molar-refractivity contribution is 5.75. The fourth-order valence-corrected chi connectivity index (χ4v) is 0.795. The first-order valence-electron chi connectivity index (χ1n) is 4.25. The van der Waals surface area contributed by atoms with E-state index in [4.69, 9.17) is 10.8 Å². The Balaban J connectivity index is 3.47. The zero-order chi connectivity index (χ0) is 9.40. The van der Waals surface area contributed by atoms with Crippen molar-refractivity contribution in [1.82, 2.24) is 0 Å². The van der Waals surface area contributed by atoms with Gasteiger partial charge in [-0.1, -0.05) is 19.8 Å². The van der Waals surface area contributed by atoms with Gasteiger partial charge in [0, 0.05) is 0 Å². The van der Waals surface area contributed by atoms with E-state index >= 15 is 0 Å². The summed E-state index contributed by atoms with van der Waals surface area (Å²) in [4.78, 5) is 10.9. The summed E-state index contributed by atoms with van der Waals surface area (Å²) in [5.74, 6) is -0.419. The molecule has 1 atom stereocenters. The number of aliphatic hydroxyl groups excluding tert-OH is 1. The third-order valence-electron chi connectivity index (χ3n) is 1.51. The Kier molecular flexibility index (Phi) is 6.70. The average molecular weight is 175 g/mol. The van der Waals surface area contributed by atoms with Crippen LogP contribution >= 0.6 is 0 Å². The molecule has 12 heavy (non-hydrogen) atoms. The van der Waals surface area contributed by atoms with Gasteiger partial charge in [0.1, 0.15) is 12.6 Å². The Hall–Kier alpha value is -0.610. The lowest BCUT2D eigenvalue weighted by molar-refractivity contribution is -0.146. The molecule has 4 nitrogen and oxygen atoms in total. The zero-order valence-corrected chi connectivity index (χ0v) is 7.45. The molecule has 0 rings (SSSR count). The zero-order valence-electron chi connectivity index (χ0n) is 7.45. The van der Waals surface area contributed by atoms with Gasteiger partial charge in [-0.2, -0.15) is 0 Å². The SMILES string of the molecule is CCCCC(N)C(=O)OCCO. The molecule has 0 bridgehead atoms. The maximum absolute atomic E-state index is 10.9. The molecule has 0 radical (unpaired) electrons. The van der Waals surface area contributed by atoms with Crippen LogP contribution in [0.5, 0.6) is 0 Å². The molecule has 4 heteroatoms. The van der Waals surface area contributed by atoms with Gasteiger partial charge in [-0.05, 0) is 6.42 Å². The highest BCUT2D eigenvalue weighted by Gasteiger charge is 2.13. The van der Waals surface area contributed by atoms with Crippen LogP contribution in [-0.4, -0.2) is 30.3 Å². The Bertz CT molecular complexity index is 127. The lowest BCUT2D eigenvalue weighted by Gasteiger charge is -2.09. The molecule has 0 aromatic heterocycles. The average Bonchev–Trinajstić information content (AvgIpc) is 2.10. The number of carbonyl (C=O) groups excluding carboxylic acids is 1. The predicted octanol–water partition coefficient (Wildman–Crippen LogP) is 0.0394. The number of esters is 1. The summed E-state index contributed by atoms with van der Waals surface area (Å²) in [7, 11) is 0. The van der Waals surface area contributed by atoms with Crippen molar-refractivity contribution >= 4 is 5.97 Å². The quantitative estimate of drug-likeness (QED) is 0.559. The Morgan fingerprint density at radius 2 is 2.33 bits per heavy atom. The van der Waals surface area contributed by atoms with Crippen molar-refractivity contribution < 1.29 is 14.6 Å². The van der Waals surface area contributed by atoms with E-state index in [2.05, 4.69) is 4.74 Å². The minimum absolute atomic E-state index is 0.0403. The van der Waals surface area contributed by atoms with Gasteiger partial charge < -0.3 is 15.6 Å². The summed E-state index contributed by atoms with van der Waals surface area (Å²) >= 11 is 0. The molecular formula is C8H17NO3. The Morgan fingerprint density at radius 1 is 1.67 bits per heavy atom. The van der Waals surface area contributed by atoms with Crippen LogP contribution in [0.1, 0.15) is 26.2 Å². The van der Waals surface area contributed by atoms with Crippen molar-refractivity contribution in [2.24, 2.45) is 5.73 Å². The normalized spacial score (nSPS) is 12.6. The van der Waals surface area contributed by atoms with Gasteiger partial charge >= 0.3 is 5.97 Å². The van der Waals surface area contributed by atoms with Gasteiger partial charge in [0.15, 0.2) is 0 Å². The van der Waals surface area contributed by atoms with E-state index in [1.807, 2.05) is 6.92 Å². The second-order valence-electron chi connectivity index (χ2n) is 2.64. The lowest BCUT2D eigenvalue weighted by atomic mass is 10.1. The molecule has 0 aliphatic rings. The van der Waals surface area contributed by atoms with E-state index in [1.54, 1.807) is 0 Å². The molecule has 0 aliphatic carbocycles. The second kappa shape index (κ2) is 7.06. The van der Waals surface area contributed by atoms with Crippen LogP contribution in [0, 0.1) is 0 Å². The monoisotopic (exact) mass is 175 g/mol. The summed E-state index contributed by atoms with van der Waals surface area (Å²) in [5, 5.41) is 8.35. The Labute approximate surface area is 72.7 Å². The molecule has 72 valence electrons. The highest BCUT2D eigenvalue weighted by atomic mass is 16.5. The van der Waals surface area contributed by atoms with Gasteiger partial charge in [0.2, 0.25) is 0 Å². The molecule has 3 N–H and O–H groups in total. The van der Waals surface area contributed by atoms with E-state index in [0.717, 1.165) is 12.8 Å². The van der Waals surface area contributed by atoms with E-state index in [9.17, 15) is 4.79 Å². The smallest absolute Gasteiger partial charge is 0.322 e. The number of hydrogen-bond donors (Lipinski definition) is 2. The summed E-state index contributed by atoms with van der Waals surface area (Å²) in [6.07, 6.45) is 2.59. The van der Waals surface area contributed by atoms with Gasteiger partial charge in [-0.25, -0.2) is 0 Å². The number of carbonyl (C=O) groups is 1. The minimum Gasteiger partial charge on any atom is -0.462 e. The molecule has 0 spiro atoms. The van der Waals surface area contributed by atoms with Crippen LogP contribution in [0.4, 0.5) is 0 Å². The number of hydrogen-bond acceptors (Lipinski definition) is 4. The van der Waals surface area contributed by atoms with Crippen LogP contribution in [0.3, 0.4) is 0 Å². The largest absolute Gasteiger partial charge is 0.462 e. The first-order valence-corrected chi connectivity index (χ1v) is 4.25. The van der Waals surface area contributed by atoms with Crippen molar-refractivity contribution in [3.05, 3.63) is 0 Å². The number of aliphatic hydroxyl groups is 1. The molecule has 1 unspecified atom stereocenters. The van der Waals surface area contributed by atoms with Crippen LogP contribution in [-0.2, 0) is 9.53 Å². The van der Waals surface area contributed by atoms with Gasteiger partial charge in [-0.15, -0.1) is 0 Å². The Morgan fingerprint density at radius 3 is 2.83 bits per heavy atom. The van der Waals surface area contributed by atoms with Crippen molar-refractivity contribution in [2.75, 3.05) is 13.2 Å². The second-order valence-corrected chi connectivity index (χ2v) is 2.64. The third kappa shape index (κ3) is 5.09. The molecule has 0 fully saturated rings. The van der Waals surface area contributed by atoms with Gasteiger partial charge in [0.05, 0.1) is 6.61 Å². The molecule has 0 amide bonds. The summed E-state index contributed by atoms with van der Waals surface area (Å²) in [6.45, 7) is 1.93. The number of rotatable bonds is 6. The fraction of sp³-hybridized carbons (Fsp3) is 0.875. The van der Waals surface area contributed by atoms with Crippen LogP contribution in [0.2, 0.25) is 0 Å². The molecule has 0 saturated heterocycles. The van der Waals surface area contributed by atoms with E-state index in [-0.39, 0.29) is 13.2 Å². The first kappa shape index (κ1) is 11.4. The predicted molar refractivity (Wildman–Crippen MR) is 45.5 cm³/mol. The number of nitrogens with two attached hydrogens (primary N) is 1. The summed E-state index contributed by atoms with van der Waals surface area (Å²) < 4.78 is 4.64. The minimum atomic E-state index is -0.531. The maximum atomic E-state index is 10.9. The van der Waals surface area contributed by atoms with Crippen molar-refractivity contribution in [1.29, 1.82) is 0 Å².